The minimum absolute atomic E-state index is 0.00561. The summed E-state index contributed by atoms with van der Waals surface area (Å²) >= 11 is 1.59. The number of aromatic nitrogens is 1. The van der Waals surface area contributed by atoms with Gasteiger partial charge in [-0.15, -0.1) is 11.3 Å². The lowest BCUT2D eigenvalue weighted by Crippen LogP contribution is -2.39. The van der Waals surface area contributed by atoms with E-state index >= 15 is 0 Å². The largest absolute Gasteiger partial charge is 0.348 e. The van der Waals surface area contributed by atoms with Crippen LogP contribution in [0.15, 0.2) is 5.38 Å². The number of thiazole rings is 1. The molecule has 0 aliphatic carbocycles. The molecule has 82 valence electrons. The van der Waals surface area contributed by atoms with Crippen molar-refractivity contribution in [2.75, 3.05) is 6.54 Å². The van der Waals surface area contributed by atoms with E-state index in [1.54, 1.807) is 11.3 Å². The zero-order valence-corrected chi connectivity index (χ0v) is 9.56. The van der Waals surface area contributed by atoms with E-state index in [-0.39, 0.29) is 11.9 Å². The summed E-state index contributed by atoms with van der Waals surface area (Å²) in [5.74, 6) is 0.0975. The van der Waals surface area contributed by atoms with Crippen molar-refractivity contribution < 1.29 is 4.79 Å². The molecular weight excluding hydrogens is 210 g/mol. The van der Waals surface area contributed by atoms with Crippen molar-refractivity contribution in [2.24, 2.45) is 0 Å². The molecule has 1 fully saturated rings. The van der Waals surface area contributed by atoms with E-state index in [4.69, 9.17) is 0 Å². The predicted molar refractivity (Wildman–Crippen MR) is 59.7 cm³/mol. The van der Waals surface area contributed by atoms with Crippen LogP contribution in [0.4, 0.5) is 0 Å². The molecule has 5 heteroatoms. The van der Waals surface area contributed by atoms with Crippen LogP contribution in [0.1, 0.15) is 23.5 Å². The second-order valence-corrected chi connectivity index (χ2v) is 4.69. The first kappa shape index (κ1) is 10.6. The van der Waals surface area contributed by atoms with Crippen molar-refractivity contribution in [3.05, 3.63) is 16.1 Å². The summed E-state index contributed by atoms with van der Waals surface area (Å²) < 4.78 is 0. The molecule has 2 heterocycles. The Hall–Kier alpha value is -0.940. The molecule has 0 bridgehead atoms. The maximum atomic E-state index is 11.6. The summed E-state index contributed by atoms with van der Waals surface area (Å²) in [6, 6.07) is 0.00561. The fourth-order valence-electron chi connectivity index (χ4n) is 1.68. The van der Waals surface area contributed by atoms with E-state index in [1.165, 1.54) is 0 Å². The van der Waals surface area contributed by atoms with Crippen LogP contribution in [-0.4, -0.2) is 23.5 Å². The van der Waals surface area contributed by atoms with Crippen LogP contribution >= 0.6 is 11.3 Å². The van der Waals surface area contributed by atoms with E-state index < -0.39 is 0 Å². The molecule has 15 heavy (non-hydrogen) atoms. The average Bonchev–Trinajstić information content (AvgIpc) is 2.84. The number of amides is 1. The molecule has 1 aromatic rings. The SMILES string of the molecule is Cc1csc(CNC(=O)C2CCCN2)n1. The van der Waals surface area contributed by atoms with Crippen molar-refractivity contribution in [1.82, 2.24) is 15.6 Å². The summed E-state index contributed by atoms with van der Waals surface area (Å²) in [5, 5.41) is 9.04. The molecule has 1 atom stereocenters. The third-order valence-electron chi connectivity index (χ3n) is 2.46. The fourth-order valence-corrected chi connectivity index (χ4v) is 2.39. The number of aryl methyl sites for hydroxylation is 1. The standard InChI is InChI=1S/C10H15N3OS/c1-7-6-15-9(13-7)5-12-10(14)8-3-2-4-11-8/h6,8,11H,2-5H2,1H3,(H,12,14). The predicted octanol–water partition coefficient (Wildman–Crippen LogP) is 0.820. The summed E-state index contributed by atoms with van der Waals surface area (Å²) in [7, 11) is 0. The van der Waals surface area contributed by atoms with E-state index in [0.29, 0.717) is 6.54 Å². The molecule has 0 spiro atoms. The second kappa shape index (κ2) is 4.72. The highest BCUT2D eigenvalue weighted by Crippen LogP contribution is 2.09. The highest BCUT2D eigenvalue weighted by molar-refractivity contribution is 7.09. The Morgan fingerprint density at radius 2 is 2.67 bits per heavy atom. The molecule has 1 aliphatic rings. The van der Waals surface area contributed by atoms with Crippen molar-refractivity contribution >= 4 is 17.2 Å². The van der Waals surface area contributed by atoms with Gasteiger partial charge in [-0.25, -0.2) is 4.98 Å². The molecule has 0 saturated carbocycles. The van der Waals surface area contributed by atoms with Gasteiger partial charge in [-0.05, 0) is 26.3 Å². The zero-order valence-electron chi connectivity index (χ0n) is 8.75. The lowest BCUT2D eigenvalue weighted by molar-refractivity contribution is -0.122. The fraction of sp³-hybridized carbons (Fsp3) is 0.600. The third kappa shape index (κ3) is 2.76. The van der Waals surface area contributed by atoms with E-state index in [2.05, 4.69) is 15.6 Å². The number of nitrogens with one attached hydrogen (secondary N) is 2. The van der Waals surface area contributed by atoms with Gasteiger partial charge in [0, 0.05) is 11.1 Å². The smallest absolute Gasteiger partial charge is 0.237 e. The summed E-state index contributed by atoms with van der Waals surface area (Å²) in [4.78, 5) is 15.9. The van der Waals surface area contributed by atoms with Gasteiger partial charge in [-0.3, -0.25) is 4.79 Å². The Morgan fingerprint density at radius 1 is 1.80 bits per heavy atom. The normalized spacial score (nSPS) is 20.5. The maximum absolute atomic E-state index is 11.6. The monoisotopic (exact) mass is 225 g/mol. The second-order valence-electron chi connectivity index (χ2n) is 3.75. The molecule has 2 N–H and O–H groups in total. The summed E-state index contributed by atoms with van der Waals surface area (Å²) in [5.41, 5.74) is 1.02. The molecule has 2 rings (SSSR count). The first-order chi connectivity index (χ1) is 7.25. The third-order valence-corrected chi connectivity index (χ3v) is 3.42. The summed E-state index contributed by atoms with van der Waals surface area (Å²) in [6.07, 6.45) is 2.04. The first-order valence-corrected chi connectivity index (χ1v) is 6.06. The van der Waals surface area contributed by atoms with Crippen molar-refractivity contribution in [2.45, 2.75) is 32.4 Å². The van der Waals surface area contributed by atoms with Gasteiger partial charge in [0.05, 0.1) is 12.6 Å². The Balaban J connectivity index is 1.80. The van der Waals surface area contributed by atoms with E-state index in [1.807, 2.05) is 12.3 Å². The van der Waals surface area contributed by atoms with Crippen LogP contribution in [0.25, 0.3) is 0 Å². The zero-order chi connectivity index (χ0) is 10.7. The number of hydrogen-bond acceptors (Lipinski definition) is 4. The Morgan fingerprint density at radius 3 is 3.27 bits per heavy atom. The van der Waals surface area contributed by atoms with Gasteiger partial charge in [-0.2, -0.15) is 0 Å². The number of hydrogen-bond donors (Lipinski definition) is 2. The minimum Gasteiger partial charge on any atom is -0.348 e. The van der Waals surface area contributed by atoms with Crippen molar-refractivity contribution in [3.63, 3.8) is 0 Å². The number of rotatable bonds is 3. The van der Waals surface area contributed by atoms with Gasteiger partial charge in [0.25, 0.3) is 0 Å². The van der Waals surface area contributed by atoms with Gasteiger partial charge in [0.2, 0.25) is 5.91 Å². The number of nitrogens with zero attached hydrogens (tertiary/aromatic N) is 1. The molecule has 1 aromatic heterocycles. The van der Waals surface area contributed by atoms with Crippen LogP contribution in [0.2, 0.25) is 0 Å². The van der Waals surface area contributed by atoms with Gasteiger partial charge < -0.3 is 10.6 Å². The van der Waals surface area contributed by atoms with Crippen LogP contribution in [0.3, 0.4) is 0 Å². The molecule has 4 nitrogen and oxygen atoms in total. The number of carbonyl (C=O) groups excluding carboxylic acids is 1. The molecule has 1 saturated heterocycles. The Kier molecular flexibility index (Phi) is 3.33. The van der Waals surface area contributed by atoms with E-state index in [0.717, 1.165) is 30.1 Å². The van der Waals surface area contributed by atoms with Gasteiger partial charge in [0.15, 0.2) is 0 Å². The Labute approximate surface area is 93.1 Å². The van der Waals surface area contributed by atoms with Crippen LogP contribution in [-0.2, 0) is 11.3 Å². The van der Waals surface area contributed by atoms with Gasteiger partial charge in [-0.1, -0.05) is 0 Å². The van der Waals surface area contributed by atoms with E-state index in [9.17, 15) is 4.79 Å². The Bertz CT molecular complexity index is 344. The van der Waals surface area contributed by atoms with Crippen LogP contribution < -0.4 is 10.6 Å². The van der Waals surface area contributed by atoms with Crippen LogP contribution in [0, 0.1) is 6.92 Å². The lowest BCUT2D eigenvalue weighted by atomic mass is 10.2. The molecule has 1 amide bonds. The average molecular weight is 225 g/mol. The highest BCUT2D eigenvalue weighted by atomic mass is 32.1. The maximum Gasteiger partial charge on any atom is 0.237 e. The molecule has 0 aromatic carbocycles. The molecule has 1 unspecified atom stereocenters. The quantitative estimate of drug-likeness (QED) is 0.801. The highest BCUT2D eigenvalue weighted by Gasteiger charge is 2.21. The lowest BCUT2D eigenvalue weighted by Gasteiger charge is -2.09. The summed E-state index contributed by atoms with van der Waals surface area (Å²) in [6.45, 7) is 3.46. The topological polar surface area (TPSA) is 54.0 Å². The first-order valence-electron chi connectivity index (χ1n) is 5.18. The van der Waals surface area contributed by atoms with Crippen LogP contribution in [0.5, 0.6) is 0 Å². The van der Waals surface area contributed by atoms with Gasteiger partial charge in [0.1, 0.15) is 5.01 Å². The van der Waals surface area contributed by atoms with Gasteiger partial charge >= 0.3 is 0 Å². The molecule has 0 radical (unpaired) electrons. The van der Waals surface area contributed by atoms with Crippen molar-refractivity contribution in [1.29, 1.82) is 0 Å². The molecule has 1 aliphatic heterocycles. The minimum atomic E-state index is 0.00561. The molecular formula is C10H15N3OS. The number of carbonyl (C=O) groups is 1. The van der Waals surface area contributed by atoms with Crippen molar-refractivity contribution in [3.8, 4) is 0 Å².